The van der Waals surface area contributed by atoms with Crippen molar-refractivity contribution in [1.29, 1.82) is 0 Å². The van der Waals surface area contributed by atoms with Crippen LogP contribution in [0.2, 0.25) is 0 Å². The van der Waals surface area contributed by atoms with Crippen LogP contribution in [0.1, 0.15) is 6.42 Å². The van der Waals surface area contributed by atoms with Crippen molar-refractivity contribution in [3.05, 3.63) is 0 Å². The van der Waals surface area contributed by atoms with Gasteiger partial charge in [-0.3, -0.25) is 0 Å². The van der Waals surface area contributed by atoms with Crippen molar-refractivity contribution < 1.29 is 13.2 Å². The van der Waals surface area contributed by atoms with E-state index in [1.165, 1.54) is 0 Å². The van der Waals surface area contributed by atoms with E-state index in [0.717, 1.165) is 0 Å². The van der Waals surface area contributed by atoms with Crippen molar-refractivity contribution in [2.24, 2.45) is 0 Å². The Morgan fingerprint density at radius 1 is 1.33 bits per heavy atom. The maximum absolute atomic E-state index is 12.3. The lowest BCUT2D eigenvalue weighted by Gasteiger charge is -2.41. The molecule has 0 unspecified atom stereocenters. The number of hydrogen-bond donors (Lipinski definition) is 0. The second-order valence-corrected chi connectivity index (χ2v) is 3.08. The van der Waals surface area contributed by atoms with Crippen molar-refractivity contribution in [3.63, 3.8) is 0 Å². The summed E-state index contributed by atoms with van der Waals surface area (Å²) in [5.74, 6) is -3.44. The molecule has 54 valence electrons. The van der Waals surface area contributed by atoms with Crippen LogP contribution in [0.15, 0.2) is 0 Å². The smallest absolute Gasteiger partial charge is 0.218 e. The molecule has 0 saturated heterocycles. The predicted octanol–water partition coefficient (Wildman–Crippen LogP) is 2.54. The molecule has 0 aromatic carbocycles. The monoisotopic (exact) mass is 178 g/mol. The van der Waals surface area contributed by atoms with Gasteiger partial charge in [0.25, 0.3) is 11.1 Å². The normalized spacial score (nSPS) is 48.3. The Hall–Kier alpha value is 0.370. The molecule has 1 saturated carbocycles. The second-order valence-electron chi connectivity index (χ2n) is 2.00. The summed E-state index contributed by atoms with van der Waals surface area (Å²) in [4.78, 5) is 0. The van der Waals surface area contributed by atoms with E-state index in [1.807, 2.05) is 0 Å². The standard InChI is InChI=1S/C4H3Cl2F3/c5-2-1-3(7,8)4(2,6)9/h2H,1H2/t2-,4+/m1/s1. The van der Waals surface area contributed by atoms with E-state index >= 15 is 0 Å². The average Bonchev–Trinajstić information content (AvgIpc) is 1.65. The first-order chi connectivity index (χ1) is 3.88. The number of hydrogen-bond acceptors (Lipinski definition) is 0. The van der Waals surface area contributed by atoms with Gasteiger partial charge in [-0.25, -0.2) is 13.2 Å². The van der Waals surface area contributed by atoms with Crippen molar-refractivity contribution in [1.82, 2.24) is 0 Å². The summed E-state index contributed by atoms with van der Waals surface area (Å²) in [5, 5.41) is -4.27. The van der Waals surface area contributed by atoms with Gasteiger partial charge < -0.3 is 0 Å². The fourth-order valence-electron chi connectivity index (χ4n) is 0.587. The van der Waals surface area contributed by atoms with Gasteiger partial charge in [-0.2, -0.15) is 0 Å². The maximum Gasteiger partial charge on any atom is 0.298 e. The maximum atomic E-state index is 12.3. The van der Waals surface area contributed by atoms with Gasteiger partial charge in [-0.1, -0.05) is 11.6 Å². The Kier molecular flexibility index (Phi) is 1.41. The molecule has 0 nitrogen and oxygen atoms in total. The largest absolute Gasteiger partial charge is 0.298 e. The molecule has 0 amide bonds. The van der Waals surface area contributed by atoms with E-state index < -0.39 is 22.8 Å². The van der Waals surface area contributed by atoms with Gasteiger partial charge in [0, 0.05) is 6.42 Å². The highest BCUT2D eigenvalue weighted by atomic mass is 35.5. The first-order valence-corrected chi connectivity index (χ1v) is 3.09. The number of halogens is 5. The average molecular weight is 179 g/mol. The fourth-order valence-corrected chi connectivity index (χ4v) is 1.10. The van der Waals surface area contributed by atoms with Gasteiger partial charge in [0.05, 0.1) is 5.38 Å². The molecule has 0 aromatic heterocycles. The SMILES string of the molecule is FC1(F)C[C@@H](Cl)[C@@]1(F)Cl. The van der Waals surface area contributed by atoms with Crippen molar-refractivity contribution >= 4 is 23.2 Å². The van der Waals surface area contributed by atoms with Gasteiger partial charge in [0.15, 0.2) is 0 Å². The van der Waals surface area contributed by atoms with Crippen LogP contribution in [0.4, 0.5) is 13.2 Å². The number of alkyl halides is 5. The van der Waals surface area contributed by atoms with Crippen LogP contribution in [0.5, 0.6) is 0 Å². The molecule has 0 spiro atoms. The molecule has 0 N–H and O–H groups in total. The summed E-state index contributed by atoms with van der Waals surface area (Å²) in [6.45, 7) is 0. The molecule has 1 fully saturated rings. The number of rotatable bonds is 0. The highest BCUT2D eigenvalue weighted by molar-refractivity contribution is 6.33. The molecule has 9 heavy (non-hydrogen) atoms. The summed E-state index contributed by atoms with van der Waals surface area (Å²) < 4.78 is 36.2. The summed E-state index contributed by atoms with van der Waals surface area (Å²) >= 11 is 9.74. The minimum Gasteiger partial charge on any atom is -0.218 e. The topological polar surface area (TPSA) is 0 Å². The Morgan fingerprint density at radius 2 is 1.78 bits per heavy atom. The molecular weight excluding hydrogens is 176 g/mol. The minimum atomic E-state index is -3.44. The molecule has 0 aromatic rings. The van der Waals surface area contributed by atoms with Crippen LogP contribution < -0.4 is 0 Å². The molecule has 0 bridgehead atoms. The Labute approximate surface area is 59.9 Å². The Balaban J connectivity index is 2.70. The van der Waals surface area contributed by atoms with Gasteiger partial charge in [-0.15, -0.1) is 11.6 Å². The lowest BCUT2D eigenvalue weighted by atomic mass is 9.91. The van der Waals surface area contributed by atoms with Gasteiger partial charge in [0.2, 0.25) is 0 Å². The van der Waals surface area contributed by atoms with Crippen LogP contribution in [0.25, 0.3) is 0 Å². The Bertz CT molecular complexity index is 134. The summed E-state index contributed by atoms with van der Waals surface area (Å²) in [6.07, 6.45) is -0.672. The molecule has 0 aliphatic heterocycles. The summed E-state index contributed by atoms with van der Waals surface area (Å²) in [5.41, 5.74) is 0. The van der Waals surface area contributed by atoms with E-state index in [4.69, 9.17) is 23.2 Å². The first kappa shape index (κ1) is 7.48. The van der Waals surface area contributed by atoms with E-state index in [-0.39, 0.29) is 0 Å². The highest BCUT2D eigenvalue weighted by Gasteiger charge is 2.69. The van der Waals surface area contributed by atoms with Gasteiger partial charge in [-0.05, 0) is 0 Å². The molecular formula is C4H3Cl2F3. The van der Waals surface area contributed by atoms with Crippen molar-refractivity contribution in [2.45, 2.75) is 22.8 Å². The van der Waals surface area contributed by atoms with Crippen LogP contribution in [0, 0.1) is 0 Å². The van der Waals surface area contributed by atoms with Gasteiger partial charge in [0.1, 0.15) is 0 Å². The third kappa shape index (κ3) is 0.819. The van der Waals surface area contributed by atoms with E-state index in [9.17, 15) is 13.2 Å². The lowest BCUT2D eigenvalue weighted by Crippen LogP contribution is -2.59. The van der Waals surface area contributed by atoms with E-state index in [2.05, 4.69) is 0 Å². The Morgan fingerprint density at radius 3 is 1.78 bits per heavy atom. The van der Waals surface area contributed by atoms with Crippen LogP contribution in [-0.2, 0) is 0 Å². The van der Waals surface area contributed by atoms with Crippen LogP contribution in [0.3, 0.4) is 0 Å². The molecule has 1 aliphatic rings. The second kappa shape index (κ2) is 1.70. The van der Waals surface area contributed by atoms with Crippen molar-refractivity contribution in [2.75, 3.05) is 0 Å². The van der Waals surface area contributed by atoms with Crippen LogP contribution in [-0.4, -0.2) is 16.4 Å². The molecule has 1 aliphatic carbocycles. The lowest BCUT2D eigenvalue weighted by molar-refractivity contribution is -0.162. The third-order valence-corrected chi connectivity index (χ3v) is 2.42. The molecule has 1 rings (SSSR count). The molecule has 5 heteroatoms. The van der Waals surface area contributed by atoms with E-state index in [1.54, 1.807) is 0 Å². The van der Waals surface area contributed by atoms with Crippen LogP contribution >= 0.6 is 23.2 Å². The summed E-state index contributed by atoms with van der Waals surface area (Å²) in [6, 6.07) is 0. The predicted molar refractivity (Wildman–Crippen MR) is 28.9 cm³/mol. The zero-order valence-corrected chi connectivity index (χ0v) is 5.69. The quantitative estimate of drug-likeness (QED) is 0.501. The highest BCUT2D eigenvalue weighted by Crippen LogP contribution is 2.55. The van der Waals surface area contributed by atoms with Crippen molar-refractivity contribution in [3.8, 4) is 0 Å². The molecule has 2 atom stereocenters. The molecule has 0 radical (unpaired) electrons. The minimum absolute atomic E-state index is 0.672. The zero-order valence-electron chi connectivity index (χ0n) is 4.17. The van der Waals surface area contributed by atoms with Gasteiger partial charge >= 0.3 is 0 Å². The summed E-state index contributed by atoms with van der Waals surface area (Å²) in [7, 11) is 0. The fraction of sp³-hybridized carbons (Fsp3) is 1.00. The van der Waals surface area contributed by atoms with E-state index in [0.29, 0.717) is 0 Å². The third-order valence-electron chi connectivity index (χ3n) is 1.32. The zero-order chi connectivity index (χ0) is 7.28. The first-order valence-electron chi connectivity index (χ1n) is 2.27. The molecule has 0 heterocycles.